The average molecular weight is 302 g/mol. The molecular weight excluding hydrogens is 272 g/mol. The molecule has 3 fully saturated rings. The fourth-order valence-corrected chi connectivity index (χ4v) is 7.39. The Bertz CT molecular complexity index is 552. The first-order valence-electron chi connectivity index (χ1n) is 9.18. The number of rotatable bonds is 1. The maximum absolute atomic E-state index is 12.0. The highest BCUT2D eigenvalue weighted by atomic mass is 16.4. The molecule has 0 heterocycles. The molecule has 3 saturated carbocycles. The number of carboxylic acid groups (broad SMARTS) is 1. The lowest BCUT2D eigenvalue weighted by Gasteiger charge is -2.63. The molecule has 0 radical (unpaired) electrons. The van der Waals surface area contributed by atoms with Crippen molar-refractivity contribution >= 4 is 5.97 Å². The van der Waals surface area contributed by atoms with Crippen molar-refractivity contribution in [2.45, 2.75) is 72.1 Å². The summed E-state index contributed by atoms with van der Waals surface area (Å²) in [5.74, 6) is 0.506. The fourth-order valence-electron chi connectivity index (χ4n) is 7.39. The molecular formula is C20H30O2. The zero-order valence-corrected chi connectivity index (χ0v) is 14.3. The summed E-state index contributed by atoms with van der Waals surface area (Å²) in [5, 5.41) is 9.90. The van der Waals surface area contributed by atoms with E-state index in [2.05, 4.69) is 26.0 Å². The van der Waals surface area contributed by atoms with Gasteiger partial charge < -0.3 is 5.11 Å². The van der Waals surface area contributed by atoms with Crippen molar-refractivity contribution in [3.63, 3.8) is 0 Å². The third-order valence-corrected chi connectivity index (χ3v) is 8.41. The van der Waals surface area contributed by atoms with Gasteiger partial charge in [-0.05, 0) is 80.0 Å². The van der Waals surface area contributed by atoms with Gasteiger partial charge in [-0.15, -0.1) is 0 Å². The third-order valence-electron chi connectivity index (χ3n) is 8.41. The van der Waals surface area contributed by atoms with Gasteiger partial charge in [-0.3, -0.25) is 4.79 Å². The van der Waals surface area contributed by atoms with Crippen LogP contribution in [-0.4, -0.2) is 11.1 Å². The second kappa shape index (κ2) is 4.19. The summed E-state index contributed by atoms with van der Waals surface area (Å²) in [5.41, 5.74) is 0.525. The fraction of sp³-hybridized carbons (Fsp3) is 0.850. The summed E-state index contributed by atoms with van der Waals surface area (Å²) in [7, 11) is 0. The van der Waals surface area contributed by atoms with E-state index in [1.807, 2.05) is 6.92 Å². The van der Waals surface area contributed by atoms with Crippen LogP contribution in [0.1, 0.15) is 72.1 Å². The van der Waals surface area contributed by atoms with Gasteiger partial charge in [-0.1, -0.05) is 32.4 Å². The summed E-state index contributed by atoms with van der Waals surface area (Å²) >= 11 is 0. The van der Waals surface area contributed by atoms with Crippen molar-refractivity contribution in [1.82, 2.24) is 0 Å². The minimum Gasteiger partial charge on any atom is -0.481 e. The Morgan fingerprint density at radius 2 is 1.73 bits per heavy atom. The predicted octanol–water partition coefficient (Wildman–Crippen LogP) is 5.04. The number of carboxylic acids is 1. The molecule has 4 rings (SSSR count). The average Bonchev–Trinajstić information content (AvgIpc) is 2.68. The molecule has 0 saturated heterocycles. The Kier molecular flexibility index (Phi) is 2.81. The van der Waals surface area contributed by atoms with Crippen LogP contribution in [0.4, 0.5) is 0 Å². The van der Waals surface area contributed by atoms with E-state index < -0.39 is 11.4 Å². The van der Waals surface area contributed by atoms with E-state index in [9.17, 15) is 9.90 Å². The van der Waals surface area contributed by atoms with Crippen LogP contribution in [0, 0.1) is 33.5 Å². The zero-order valence-electron chi connectivity index (χ0n) is 14.3. The first-order chi connectivity index (χ1) is 10.2. The van der Waals surface area contributed by atoms with Crippen LogP contribution in [0.2, 0.25) is 0 Å². The molecule has 0 aromatic heterocycles. The van der Waals surface area contributed by atoms with Gasteiger partial charge in [0.2, 0.25) is 0 Å². The van der Waals surface area contributed by atoms with Crippen molar-refractivity contribution in [3.8, 4) is 0 Å². The van der Waals surface area contributed by atoms with E-state index in [1.54, 1.807) is 0 Å². The van der Waals surface area contributed by atoms with Gasteiger partial charge in [0, 0.05) is 0 Å². The molecule has 6 atom stereocenters. The van der Waals surface area contributed by atoms with Gasteiger partial charge in [0.25, 0.3) is 0 Å². The number of fused-ring (bicyclic) bond motifs is 3. The maximum Gasteiger partial charge on any atom is 0.309 e. The number of hydrogen-bond acceptors (Lipinski definition) is 1. The lowest BCUT2D eigenvalue weighted by atomic mass is 9.40. The molecule has 2 bridgehead atoms. The van der Waals surface area contributed by atoms with Crippen LogP contribution in [0.5, 0.6) is 0 Å². The molecule has 22 heavy (non-hydrogen) atoms. The highest BCUT2D eigenvalue weighted by Crippen LogP contribution is 2.71. The van der Waals surface area contributed by atoms with Crippen LogP contribution in [0.3, 0.4) is 0 Å². The molecule has 0 aromatic rings. The van der Waals surface area contributed by atoms with Gasteiger partial charge in [-0.2, -0.15) is 0 Å². The molecule has 2 nitrogen and oxygen atoms in total. The third kappa shape index (κ3) is 1.65. The van der Waals surface area contributed by atoms with E-state index in [-0.39, 0.29) is 5.41 Å². The van der Waals surface area contributed by atoms with Gasteiger partial charge in [-0.25, -0.2) is 0 Å². The summed E-state index contributed by atoms with van der Waals surface area (Å²) in [6.45, 7) is 6.90. The second-order valence-corrected chi connectivity index (χ2v) is 9.66. The Hall–Kier alpha value is -0.790. The van der Waals surface area contributed by atoms with Crippen molar-refractivity contribution in [3.05, 3.63) is 12.2 Å². The van der Waals surface area contributed by atoms with Crippen molar-refractivity contribution < 1.29 is 9.90 Å². The Morgan fingerprint density at radius 3 is 2.45 bits per heavy atom. The molecule has 4 aliphatic carbocycles. The molecule has 122 valence electrons. The van der Waals surface area contributed by atoms with E-state index in [0.29, 0.717) is 22.7 Å². The molecule has 0 amide bonds. The largest absolute Gasteiger partial charge is 0.481 e. The first-order valence-corrected chi connectivity index (χ1v) is 9.18. The van der Waals surface area contributed by atoms with E-state index in [4.69, 9.17) is 0 Å². The highest BCUT2D eigenvalue weighted by molar-refractivity contribution is 5.75. The van der Waals surface area contributed by atoms with E-state index in [0.717, 1.165) is 19.3 Å². The molecule has 2 heteroatoms. The minimum atomic E-state index is -0.554. The van der Waals surface area contributed by atoms with Crippen LogP contribution >= 0.6 is 0 Å². The van der Waals surface area contributed by atoms with Crippen LogP contribution in [0.15, 0.2) is 12.2 Å². The predicted molar refractivity (Wildman–Crippen MR) is 87.4 cm³/mol. The SMILES string of the molecule is C[C@]12C=C[C@@]3(CC[C@H]4[C@@](C)(CCC[C@@]4(C)C(=O)O)[C@@H]3CC1)C2. The maximum atomic E-state index is 12.0. The first kappa shape index (κ1) is 14.8. The van der Waals surface area contributed by atoms with Gasteiger partial charge in [0.05, 0.1) is 5.41 Å². The summed E-state index contributed by atoms with van der Waals surface area (Å²) in [4.78, 5) is 12.0. The minimum absolute atomic E-state index is 0.222. The summed E-state index contributed by atoms with van der Waals surface area (Å²) in [6.07, 6.45) is 14.5. The second-order valence-electron chi connectivity index (χ2n) is 9.66. The van der Waals surface area contributed by atoms with Crippen LogP contribution in [0.25, 0.3) is 0 Å². The van der Waals surface area contributed by atoms with Crippen molar-refractivity contribution in [2.75, 3.05) is 0 Å². The highest BCUT2D eigenvalue weighted by Gasteiger charge is 2.64. The summed E-state index contributed by atoms with van der Waals surface area (Å²) in [6, 6.07) is 0. The van der Waals surface area contributed by atoms with Gasteiger partial charge >= 0.3 is 5.97 Å². The Balaban J connectivity index is 1.75. The summed E-state index contributed by atoms with van der Waals surface area (Å²) < 4.78 is 0. The quantitative estimate of drug-likeness (QED) is 0.689. The number of aliphatic carboxylic acids is 1. The zero-order chi connectivity index (χ0) is 15.8. The van der Waals surface area contributed by atoms with Crippen molar-refractivity contribution in [2.24, 2.45) is 33.5 Å². The van der Waals surface area contributed by atoms with E-state index in [1.165, 1.54) is 32.1 Å². The van der Waals surface area contributed by atoms with Crippen molar-refractivity contribution in [1.29, 1.82) is 0 Å². The Labute approximate surface area is 134 Å². The van der Waals surface area contributed by atoms with Crippen LogP contribution < -0.4 is 0 Å². The smallest absolute Gasteiger partial charge is 0.309 e. The number of allylic oxidation sites excluding steroid dienone is 2. The lowest BCUT2D eigenvalue weighted by molar-refractivity contribution is -0.179. The molecule has 0 unspecified atom stereocenters. The number of carbonyl (C=O) groups is 1. The lowest BCUT2D eigenvalue weighted by Crippen LogP contribution is -2.58. The molecule has 1 spiro atoms. The Morgan fingerprint density at radius 1 is 1.00 bits per heavy atom. The molecule has 4 aliphatic rings. The topological polar surface area (TPSA) is 37.3 Å². The standard InChI is InChI=1S/C20H30O2/c1-17-9-5-15-18(2)7-4-8-19(3,16(21)22)14(18)6-10-20(15,13-17)12-11-17/h11-12,14-15H,4-10,13H2,1-3H3,(H,21,22)/t14-,15-,17+,18+,19+,20-/m0/s1. The van der Waals surface area contributed by atoms with E-state index >= 15 is 0 Å². The molecule has 1 N–H and O–H groups in total. The number of hydrogen-bond donors (Lipinski definition) is 1. The van der Waals surface area contributed by atoms with Gasteiger partial charge in [0.15, 0.2) is 0 Å². The van der Waals surface area contributed by atoms with Crippen LogP contribution in [-0.2, 0) is 4.79 Å². The molecule has 0 aromatic carbocycles. The van der Waals surface area contributed by atoms with Gasteiger partial charge in [0.1, 0.15) is 0 Å². The normalized spacial score (nSPS) is 56.3. The molecule has 0 aliphatic heterocycles. The monoisotopic (exact) mass is 302 g/mol.